The van der Waals surface area contributed by atoms with Crippen molar-refractivity contribution in [3.8, 4) is 6.07 Å². The van der Waals surface area contributed by atoms with E-state index < -0.39 is 5.41 Å². The molecule has 4 nitrogen and oxygen atoms in total. The van der Waals surface area contributed by atoms with Crippen LogP contribution in [-0.2, 0) is 5.41 Å². The third-order valence-corrected chi connectivity index (χ3v) is 4.45. The van der Waals surface area contributed by atoms with Crippen molar-refractivity contribution < 1.29 is 0 Å². The Labute approximate surface area is 133 Å². The Morgan fingerprint density at radius 3 is 2.86 bits per heavy atom. The molecule has 1 aromatic heterocycles. The summed E-state index contributed by atoms with van der Waals surface area (Å²) >= 11 is 6.15. The minimum atomic E-state index is -0.842. The number of nitrogens with zero attached hydrogens (tertiary/aromatic N) is 1. The number of nitrogens with one attached hydrogen (secondary N) is 2. The molecule has 5 heteroatoms. The van der Waals surface area contributed by atoms with Gasteiger partial charge in [-0.1, -0.05) is 31.4 Å². The molecule has 0 aliphatic carbocycles. The molecule has 0 fully saturated rings. The fourth-order valence-electron chi connectivity index (χ4n) is 3.10. The molecular weight excluding hydrogens is 298 g/mol. The summed E-state index contributed by atoms with van der Waals surface area (Å²) in [4.78, 5) is 14.8. The highest BCUT2D eigenvalue weighted by molar-refractivity contribution is 6.30. The van der Waals surface area contributed by atoms with Gasteiger partial charge in [0, 0.05) is 28.0 Å². The lowest BCUT2D eigenvalue weighted by atomic mass is 9.69. The molecule has 1 aliphatic rings. The number of pyridine rings is 1. The highest BCUT2D eigenvalue weighted by atomic mass is 35.5. The Balaban J connectivity index is 2.32. The number of H-pyrrole nitrogens is 1. The smallest absolute Gasteiger partial charge is 0.271 e. The topological polar surface area (TPSA) is 68.7 Å². The van der Waals surface area contributed by atoms with E-state index in [-0.39, 0.29) is 5.56 Å². The molecule has 1 aliphatic heterocycles. The van der Waals surface area contributed by atoms with Crippen LogP contribution < -0.4 is 10.9 Å². The van der Waals surface area contributed by atoms with Gasteiger partial charge < -0.3 is 10.3 Å². The van der Waals surface area contributed by atoms with Crippen LogP contribution in [0.1, 0.15) is 37.3 Å². The van der Waals surface area contributed by atoms with Crippen LogP contribution in [0.15, 0.2) is 35.3 Å². The minimum Gasteiger partial charge on any atom is -0.350 e. The molecule has 2 N–H and O–H groups in total. The molecule has 3 rings (SSSR count). The number of nitriles is 1. The van der Waals surface area contributed by atoms with Crippen molar-refractivity contribution in [2.24, 2.45) is 0 Å². The molecule has 22 heavy (non-hydrogen) atoms. The minimum absolute atomic E-state index is 0.214. The van der Waals surface area contributed by atoms with Gasteiger partial charge in [0.1, 0.15) is 11.1 Å². The Morgan fingerprint density at radius 1 is 1.32 bits per heavy atom. The van der Waals surface area contributed by atoms with Crippen LogP contribution >= 0.6 is 11.6 Å². The molecule has 0 radical (unpaired) electrons. The molecular formula is C17H16ClN3O. The van der Waals surface area contributed by atoms with E-state index in [1.807, 2.05) is 18.2 Å². The second kappa shape index (κ2) is 5.51. The van der Waals surface area contributed by atoms with Gasteiger partial charge in [0.2, 0.25) is 0 Å². The SMILES string of the molecule is CCCCC1(C#N)c2cc(Cl)ccc2Nc2c1cc[nH]c2=O. The molecule has 0 bridgehead atoms. The second-order valence-electron chi connectivity index (χ2n) is 5.53. The van der Waals surface area contributed by atoms with E-state index >= 15 is 0 Å². The summed E-state index contributed by atoms with van der Waals surface area (Å²) in [5.74, 6) is 0. The third-order valence-electron chi connectivity index (χ3n) is 4.22. The summed E-state index contributed by atoms with van der Waals surface area (Å²) < 4.78 is 0. The van der Waals surface area contributed by atoms with Crippen LogP contribution in [0.25, 0.3) is 0 Å². The van der Waals surface area contributed by atoms with Gasteiger partial charge >= 0.3 is 0 Å². The summed E-state index contributed by atoms with van der Waals surface area (Å²) in [6.07, 6.45) is 4.12. The monoisotopic (exact) mass is 313 g/mol. The third kappa shape index (κ3) is 2.10. The number of halogens is 1. The zero-order chi connectivity index (χ0) is 15.7. The molecule has 112 valence electrons. The predicted molar refractivity (Wildman–Crippen MR) is 87.7 cm³/mol. The summed E-state index contributed by atoms with van der Waals surface area (Å²) in [6.45, 7) is 2.09. The first-order chi connectivity index (χ1) is 10.6. The van der Waals surface area contributed by atoms with Crippen LogP contribution in [0.3, 0.4) is 0 Å². The van der Waals surface area contributed by atoms with Gasteiger partial charge in [-0.25, -0.2) is 0 Å². The molecule has 0 amide bonds. The number of aromatic nitrogens is 1. The quantitative estimate of drug-likeness (QED) is 0.897. The lowest BCUT2D eigenvalue weighted by molar-refractivity contribution is 0.553. The van der Waals surface area contributed by atoms with Gasteiger partial charge in [0.05, 0.1) is 6.07 Å². The van der Waals surface area contributed by atoms with Gasteiger partial charge in [-0.3, -0.25) is 4.79 Å². The Bertz CT molecular complexity index is 821. The summed E-state index contributed by atoms with van der Waals surface area (Å²) in [5.41, 5.74) is 1.73. The van der Waals surface area contributed by atoms with E-state index in [0.717, 1.165) is 29.7 Å². The first kappa shape index (κ1) is 14.7. The molecule has 0 spiro atoms. The van der Waals surface area contributed by atoms with Gasteiger partial charge in [0.15, 0.2) is 0 Å². The van der Waals surface area contributed by atoms with Crippen molar-refractivity contribution in [1.29, 1.82) is 5.26 Å². The molecule has 2 heterocycles. The van der Waals surface area contributed by atoms with E-state index in [0.29, 0.717) is 17.1 Å². The maximum atomic E-state index is 12.2. The van der Waals surface area contributed by atoms with Crippen molar-refractivity contribution in [2.45, 2.75) is 31.6 Å². The van der Waals surface area contributed by atoms with Gasteiger partial charge in [-0.2, -0.15) is 5.26 Å². The van der Waals surface area contributed by atoms with Gasteiger partial charge in [-0.15, -0.1) is 0 Å². The zero-order valence-electron chi connectivity index (χ0n) is 12.2. The molecule has 1 atom stereocenters. The number of anilines is 2. The number of aromatic amines is 1. The maximum absolute atomic E-state index is 12.2. The standard InChI is InChI=1S/C17H16ClN3O/c1-2-3-7-17(10-19)12-6-8-20-16(22)15(12)21-14-5-4-11(18)9-13(14)17/h4-6,8-9,21H,2-3,7H2,1H3,(H,20,22). The summed E-state index contributed by atoms with van der Waals surface area (Å²) in [7, 11) is 0. The maximum Gasteiger partial charge on any atom is 0.271 e. The summed E-state index contributed by atoms with van der Waals surface area (Å²) in [6, 6.07) is 9.69. The number of benzene rings is 1. The molecule has 1 unspecified atom stereocenters. The van der Waals surface area contributed by atoms with Crippen LogP contribution in [0.5, 0.6) is 0 Å². The van der Waals surface area contributed by atoms with E-state index in [1.54, 1.807) is 12.3 Å². The number of fused-ring (bicyclic) bond motifs is 2. The van der Waals surface area contributed by atoms with E-state index in [9.17, 15) is 10.1 Å². The van der Waals surface area contributed by atoms with Crippen molar-refractivity contribution in [1.82, 2.24) is 4.98 Å². The molecule has 1 aromatic carbocycles. The number of hydrogen-bond acceptors (Lipinski definition) is 3. The second-order valence-corrected chi connectivity index (χ2v) is 5.97. The van der Waals surface area contributed by atoms with Crippen molar-refractivity contribution in [3.05, 3.63) is 57.0 Å². The summed E-state index contributed by atoms with van der Waals surface area (Å²) in [5, 5.41) is 13.7. The molecule has 0 saturated heterocycles. The highest BCUT2D eigenvalue weighted by Crippen LogP contribution is 2.47. The van der Waals surface area contributed by atoms with Gasteiger partial charge in [-0.05, 0) is 30.7 Å². The Morgan fingerprint density at radius 2 is 2.14 bits per heavy atom. The zero-order valence-corrected chi connectivity index (χ0v) is 13.0. The van der Waals surface area contributed by atoms with Gasteiger partial charge in [0.25, 0.3) is 5.56 Å². The van der Waals surface area contributed by atoms with E-state index in [1.165, 1.54) is 0 Å². The van der Waals surface area contributed by atoms with E-state index in [2.05, 4.69) is 23.3 Å². The van der Waals surface area contributed by atoms with Crippen molar-refractivity contribution >= 4 is 23.0 Å². The molecule has 2 aromatic rings. The first-order valence-electron chi connectivity index (χ1n) is 7.33. The van der Waals surface area contributed by atoms with Crippen LogP contribution in [0.4, 0.5) is 11.4 Å². The van der Waals surface area contributed by atoms with Crippen LogP contribution in [0, 0.1) is 11.3 Å². The predicted octanol–water partition coefficient (Wildman–Crippen LogP) is 4.09. The Kier molecular flexibility index (Phi) is 3.67. The largest absolute Gasteiger partial charge is 0.350 e. The fourth-order valence-corrected chi connectivity index (χ4v) is 3.28. The Hall–Kier alpha value is -2.25. The number of rotatable bonds is 3. The van der Waals surface area contributed by atoms with Crippen LogP contribution in [0.2, 0.25) is 5.02 Å². The average molecular weight is 314 g/mol. The molecule has 0 saturated carbocycles. The number of hydrogen-bond donors (Lipinski definition) is 2. The van der Waals surface area contributed by atoms with E-state index in [4.69, 9.17) is 11.6 Å². The van der Waals surface area contributed by atoms with Crippen molar-refractivity contribution in [3.63, 3.8) is 0 Å². The van der Waals surface area contributed by atoms with Crippen LogP contribution in [-0.4, -0.2) is 4.98 Å². The first-order valence-corrected chi connectivity index (χ1v) is 7.70. The van der Waals surface area contributed by atoms with Crippen molar-refractivity contribution in [2.75, 3.05) is 5.32 Å². The average Bonchev–Trinajstić information content (AvgIpc) is 2.53. The highest BCUT2D eigenvalue weighted by Gasteiger charge is 2.41. The lowest BCUT2D eigenvalue weighted by Gasteiger charge is -2.35. The fraction of sp³-hybridized carbons (Fsp3) is 0.294. The lowest BCUT2D eigenvalue weighted by Crippen LogP contribution is -2.34. The normalized spacial score (nSPS) is 18.8. The number of unbranched alkanes of at least 4 members (excludes halogenated alkanes) is 1.